The van der Waals surface area contributed by atoms with Gasteiger partial charge in [0.15, 0.2) is 0 Å². The standard InChI is InChI=1S/C15H22F3NO/c1-4-7-12(10-19-11(2)3)20-14-9-6-5-8-13(14)15(16,17)18/h5-6,8-9,11-12,19H,4,7,10H2,1-3H3. The molecule has 0 saturated carbocycles. The number of ether oxygens (including phenoxy) is 1. The SMILES string of the molecule is CCCC(CNC(C)C)Oc1ccccc1C(F)(F)F. The third-order valence-electron chi connectivity index (χ3n) is 2.85. The molecule has 1 atom stereocenters. The highest BCUT2D eigenvalue weighted by molar-refractivity contribution is 5.35. The highest BCUT2D eigenvalue weighted by atomic mass is 19.4. The lowest BCUT2D eigenvalue weighted by Gasteiger charge is -2.22. The first-order valence-electron chi connectivity index (χ1n) is 6.90. The molecule has 1 aromatic rings. The maximum Gasteiger partial charge on any atom is 0.419 e. The monoisotopic (exact) mass is 289 g/mol. The van der Waals surface area contributed by atoms with Crippen molar-refractivity contribution in [2.45, 2.75) is 51.9 Å². The van der Waals surface area contributed by atoms with E-state index in [1.54, 1.807) is 6.07 Å². The number of para-hydroxylation sites is 1. The van der Waals surface area contributed by atoms with Gasteiger partial charge in [0, 0.05) is 12.6 Å². The fourth-order valence-electron chi connectivity index (χ4n) is 1.87. The molecule has 2 nitrogen and oxygen atoms in total. The largest absolute Gasteiger partial charge is 0.488 e. The quantitative estimate of drug-likeness (QED) is 0.810. The predicted octanol–water partition coefficient (Wildman–Crippen LogP) is 4.25. The molecule has 0 aliphatic heterocycles. The van der Waals surface area contributed by atoms with Crippen LogP contribution in [-0.2, 0) is 6.18 Å². The smallest absolute Gasteiger partial charge is 0.419 e. The molecule has 0 aliphatic rings. The third-order valence-corrected chi connectivity index (χ3v) is 2.85. The molecule has 1 rings (SSSR count). The topological polar surface area (TPSA) is 21.3 Å². The van der Waals surface area contributed by atoms with Crippen LogP contribution < -0.4 is 10.1 Å². The average Bonchev–Trinajstić information content (AvgIpc) is 2.35. The zero-order chi connectivity index (χ0) is 15.2. The Morgan fingerprint density at radius 2 is 1.85 bits per heavy atom. The van der Waals surface area contributed by atoms with Crippen LogP contribution in [0.5, 0.6) is 5.75 Å². The first kappa shape index (κ1) is 16.8. The Balaban J connectivity index is 2.82. The second-order valence-electron chi connectivity index (χ2n) is 5.09. The van der Waals surface area contributed by atoms with Gasteiger partial charge in [0.2, 0.25) is 0 Å². The Morgan fingerprint density at radius 1 is 1.20 bits per heavy atom. The lowest BCUT2D eigenvalue weighted by atomic mass is 10.1. The van der Waals surface area contributed by atoms with Crippen molar-refractivity contribution < 1.29 is 17.9 Å². The summed E-state index contributed by atoms with van der Waals surface area (Å²) in [6.45, 7) is 6.51. The van der Waals surface area contributed by atoms with Crippen molar-refractivity contribution in [1.29, 1.82) is 0 Å². The summed E-state index contributed by atoms with van der Waals surface area (Å²) in [5.74, 6) is -0.0935. The molecular formula is C15H22F3NO. The summed E-state index contributed by atoms with van der Waals surface area (Å²) in [7, 11) is 0. The Labute approximate surface area is 118 Å². The van der Waals surface area contributed by atoms with Crippen molar-refractivity contribution in [3.8, 4) is 5.75 Å². The molecule has 114 valence electrons. The zero-order valence-corrected chi connectivity index (χ0v) is 12.1. The minimum Gasteiger partial charge on any atom is -0.488 e. The van der Waals surface area contributed by atoms with Gasteiger partial charge < -0.3 is 10.1 Å². The van der Waals surface area contributed by atoms with E-state index < -0.39 is 11.7 Å². The summed E-state index contributed by atoms with van der Waals surface area (Å²) in [6.07, 6.45) is -3.07. The number of rotatable bonds is 7. The summed E-state index contributed by atoms with van der Waals surface area (Å²) in [5.41, 5.74) is -0.717. The van der Waals surface area contributed by atoms with Crippen molar-refractivity contribution in [3.05, 3.63) is 29.8 Å². The first-order chi connectivity index (χ1) is 9.34. The molecule has 0 heterocycles. The summed E-state index contributed by atoms with van der Waals surface area (Å²) in [5, 5.41) is 3.20. The Hall–Kier alpha value is -1.23. The van der Waals surface area contributed by atoms with Crippen molar-refractivity contribution in [1.82, 2.24) is 5.32 Å². The van der Waals surface area contributed by atoms with Crippen LogP contribution in [0.2, 0.25) is 0 Å². The summed E-state index contributed by atoms with van der Waals surface area (Å²) in [6, 6.07) is 5.63. The second kappa shape index (κ2) is 7.53. The van der Waals surface area contributed by atoms with Gasteiger partial charge >= 0.3 is 6.18 Å². The number of hydrogen-bond donors (Lipinski definition) is 1. The minimum absolute atomic E-state index is 0.0935. The maximum atomic E-state index is 12.9. The van der Waals surface area contributed by atoms with E-state index in [1.807, 2.05) is 20.8 Å². The molecule has 1 aromatic carbocycles. The average molecular weight is 289 g/mol. The second-order valence-corrected chi connectivity index (χ2v) is 5.09. The van der Waals surface area contributed by atoms with Gasteiger partial charge in [-0.15, -0.1) is 0 Å². The van der Waals surface area contributed by atoms with Gasteiger partial charge in [-0.25, -0.2) is 0 Å². The van der Waals surface area contributed by atoms with E-state index in [0.717, 1.165) is 12.5 Å². The minimum atomic E-state index is -4.39. The highest BCUT2D eigenvalue weighted by Gasteiger charge is 2.34. The molecule has 0 spiro atoms. The number of halogens is 3. The van der Waals surface area contributed by atoms with Crippen molar-refractivity contribution >= 4 is 0 Å². The van der Waals surface area contributed by atoms with E-state index in [0.29, 0.717) is 13.0 Å². The van der Waals surface area contributed by atoms with Crippen LogP contribution in [0.15, 0.2) is 24.3 Å². The van der Waals surface area contributed by atoms with E-state index in [-0.39, 0.29) is 17.9 Å². The van der Waals surface area contributed by atoms with E-state index in [1.165, 1.54) is 12.1 Å². The van der Waals surface area contributed by atoms with Gasteiger partial charge in [-0.3, -0.25) is 0 Å². The van der Waals surface area contributed by atoms with Gasteiger partial charge in [-0.2, -0.15) is 13.2 Å². The van der Waals surface area contributed by atoms with Crippen LogP contribution in [0.3, 0.4) is 0 Å². The van der Waals surface area contributed by atoms with Crippen LogP contribution in [0.25, 0.3) is 0 Å². The van der Waals surface area contributed by atoms with Crippen molar-refractivity contribution in [2.24, 2.45) is 0 Å². The van der Waals surface area contributed by atoms with Gasteiger partial charge in [0.05, 0.1) is 5.56 Å². The van der Waals surface area contributed by atoms with E-state index in [9.17, 15) is 13.2 Å². The molecule has 0 saturated heterocycles. The van der Waals surface area contributed by atoms with Gasteiger partial charge in [0.1, 0.15) is 11.9 Å². The molecule has 0 aliphatic carbocycles. The predicted molar refractivity (Wildman–Crippen MR) is 73.9 cm³/mol. The molecule has 0 fully saturated rings. The molecule has 5 heteroatoms. The summed E-state index contributed by atoms with van der Waals surface area (Å²) in [4.78, 5) is 0. The fourth-order valence-corrected chi connectivity index (χ4v) is 1.87. The fraction of sp³-hybridized carbons (Fsp3) is 0.600. The highest BCUT2D eigenvalue weighted by Crippen LogP contribution is 2.36. The van der Waals surface area contributed by atoms with Crippen LogP contribution in [0.4, 0.5) is 13.2 Å². The lowest BCUT2D eigenvalue weighted by Crippen LogP contribution is -2.35. The van der Waals surface area contributed by atoms with E-state index >= 15 is 0 Å². The van der Waals surface area contributed by atoms with Crippen molar-refractivity contribution in [2.75, 3.05) is 6.54 Å². The normalized spacial score (nSPS) is 13.6. The molecule has 1 unspecified atom stereocenters. The maximum absolute atomic E-state index is 12.9. The molecular weight excluding hydrogens is 267 g/mol. The molecule has 0 radical (unpaired) electrons. The number of benzene rings is 1. The van der Waals surface area contributed by atoms with Gasteiger partial charge in [-0.1, -0.05) is 39.3 Å². The summed E-state index contributed by atoms with van der Waals surface area (Å²) < 4.78 is 44.3. The van der Waals surface area contributed by atoms with Crippen LogP contribution >= 0.6 is 0 Å². The number of alkyl halides is 3. The van der Waals surface area contributed by atoms with Crippen molar-refractivity contribution in [3.63, 3.8) is 0 Å². The molecule has 1 N–H and O–H groups in total. The van der Waals surface area contributed by atoms with E-state index in [2.05, 4.69) is 5.32 Å². The van der Waals surface area contributed by atoms with Crippen LogP contribution in [-0.4, -0.2) is 18.7 Å². The zero-order valence-electron chi connectivity index (χ0n) is 12.1. The van der Waals surface area contributed by atoms with E-state index in [4.69, 9.17) is 4.74 Å². The molecule has 0 amide bonds. The third kappa shape index (κ3) is 5.41. The lowest BCUT2D eigenvalue weighted by molar-refractivity contribution is -0.139. The van der Waals surface area contributed by atoms with Gasteiger partial charge in [-0.05, 0) is 18.6 Å². The Kier molecular flexibility index (Phi) is 6.33. The molecule has 20 heavy (non-hydrogen) atoms. The number of nitrogens with one attached hydrogen (secondary N) is 1. The molecule has 0 aromatic heterocycles. The van der Waals surface area contributed by atoms with Crippen LogP contribution in [0, 0.1) is 0 Å². The van der Waals surface area contributed by atoms with Crippen LogP contribution in [0.1, 0.15) is 39.2 Å². The summed E-state index contributed by atoms with van der Waals surface area (Å²) >= 11 is 0. The Morgan fingerprint density at radius 3 is 2.40 bits per heavy atom. The molecule has 0 bridgehead atoms. The first-order valence-corrected chi connectivity index (χ1v) is 6.90. The van der Waals surface area contributed by atoms with Gasteiger partial charge in [0.25, 0.3) is 0 Å². The Bertz CT molecular complexity index is 404. The number of hydrogen-bond acceptors (Lipinski definition) is 2.